The Kier molecular flexibility index (Phi) is 4.19. The minimum atomic E-state index is -0.940. The largest absolute Gasteiger partial charge is 0.710 e. The van der Waals surface area contributed by atoms with E-state index >= 15 is 0 Å². The number of hydrogen-bond donors (Lipinski definition) is 1. The number of carbonyl (C=O) groups is 1. The number of halogens is 1. The molecule has 0 spiro atoms. The number of carbonyl (C=O) groups excluding carboxylic acids is 1. The van der Waals surface area contributed by atoms with Gasteiger partial charge in [0.05, 0.1) is 0 Å². The van der Waals surface area contributed by atoms with Gasteiger partial charge in [-0.2, -0.15) is 15.4 Å². The second-order valence-corrected chi connectivity index (χ2v) is 5.05. The number of aromatic nitrogens is 2. The summed E-state index contributed by atoms with van der Waals surface area (Å²) in [6.07, 6.45) is -1.37. The van der Waals surface area contributed by atoms with E-state index in [4.69, 9.17) is 21.6 Å². The Morgan fingerprint density at radius 3 is 2.64 bits per heavy atom. The van der Waals surface area contributed by atoms with E-state index in [9.17, 15) is 15.2 Å². The molecule has 1 aromatic heterocycles. The number of hydrogen-bond acceptors (Lipinski definition) is 5. The molecule has 1 aromatic carbocycles. The van der Waals surface area contributed by atoms with Crippen LogP contribution in [0.2, 0.25) is 5.02 Å². The van der Waals surface area contributed by atoms with Crippen LogP contribution < -0.4 is 14.8 Å². The topological polar surface area (TPSA) is 116 Å². The average molecular weight is 323 g/mol. The van der Waals surface area contributed by atoms with Crippen molar-refractivity contribution < 1.29 is 19.0 Å². The van der Waals surface area contributed by atoms with Crippen molar-refractivity contribution in [3.63, 3.8) is 0 Å². The minimum Gasteiger partial charge on any atom is -0.710 e. The molecule has 0 radical (unpaired) electrons. The fourth-order valence-corrected chi connectivity index (χ4v) is 1.98. The number of fused-ring (bicyclic) bond motifs is 1. The number of anilines is 1. The average Bonchev–Trinajstić information content (AvgIpc) is 2.44. The zero-order valence-corrected chi connectivity index (χ0v) is 12.4. The summed E-state index contributed by atoms with van der Waals surface area (Å²) in [5.74, 6) is -0.502. The molecule has 1 N–H and O–H groups in total. The number of nitrogens with zero attached hydrogens (tertiary/aromatic N) is 3. The fraction of sp³-hybridized carbons (Fsp3) is 0.231. The standard InChI is InChI=1S/C13H11ClN4O4/c1-7(2)22-13(19)16-12-11(6-15)17(20)10-5-8(14)3-4-9(10)18(12)21/h3-5,7H,1-2H3,(H,16,19). The minimum absolute atomic E-state index is 0.0433. The van der Waals surface area contributed by atoms with Crippen molar-refractivity contribution in [2.75, 3.05) is 5.32 Å². The molecule has 0 atom stereocenters. The summed E-state index contributed by atoms with van der Waals surface area (Å²) in [4.78, 5) is 11.6. The van der Waals surface area contributed by atoms with Gasteiger partial charge in [0.2, 0.25) is 5.52 Å². The van der Waals surface area contributed by atoms with Gasteiger partial charge in [-0.05, 0) is 26.0 Å². The van der Waals surface area contributed by atoms with E-state index in [2.05, 4.69) is 5.32 Å². The maximum atomic E-state index is 12.3. The molecule has 114 valence electrons. The molecule has 0 saturated heterocycles. The number of nitriles is 1. The van der Waals surface area contributed by atoms with Gasteiger partial charge in [0.1, 0.15) is 6.10 Å². The van der Waals surface area contributed by atoms with Crippen LogP contribution in [0, 0.1) is 21.7 Å². The van der Waals surface area contributed by atoms with Gasteiger partial charge < -0.3 is 15.2 Å². The zero-order chi connectivity index (χ0) is 16.4. The summed E-state index contributed by atoms with van der Waals surface area (Å²) in [6, 6.07) is 5.59. The van der Waals surface area contributed by atoms with Gasteiger partial charge in [0.15, 0.2) is 6.07 Å². The Morgan fingerprint density at radius 2 is 2.05 bits per heavy atom. The maximum absolute atomic E-state index is 12.3. The van der Waals surface area contributed by atoms with Crippen LogP contribution in [-0.4, -0.2) is 12.2 Å². The molecule has 8 nitrogen and oxygen atoms in total. The zero-order valence-electron chi connectivity index (χ0n) is 11.7. The number of ether oxygens (including phenoxy) is 1. The van der Waals surface area contributed by atoms with E-state index in [0.29, 0.717) is 0 Å². The lowest BCUT2D eigenvalue weighted by Crippen LogP contribution is -2.44. The van der Waals surface area contributed by atoms with Crippen molar-refractivity contribution in [3.05, 3.63) is 39.3 Å². The summed E-state index contributed by atoms with van der Waals surface area (Å²) in [6.45, 7) is 3.23. The summed E-state index contributed by atoms with van der Waals surface area (Å²) < 4.78 is 5.35. The predicted octanol–water partition coefficient (Wildman–Crippen LogP) is 1.59. The van der Waals surface area contributed by atoms with Crippen molar-refractivity contribution in [1.82, 2.24) is 0 Å². The van der Waals surface area contributed by atoms with Crippen LogP contribution in [0.3, 0.4) is 0 Å². The predicted molar refractivity (Wildman–Crippen MR) is 76.8 cm³/mol. The lowest BCUT2D eigenvalue weighted by atomic mass is 10.3. The fourth-order valence-electron chi connectivity index (χ4n) is 1.81. The second kappa shape index (κ2) is 5.91. The molecule has 0 aliphatic rings. The Morgan fingerprint density at radius 1 is 1.36 bits per heavy atom. The Bertz CT molecular complexity index is 801. The molecular formula is C13H11ClN4O4. The monoisotopic (exact) mass is 322 g/mol. The van der Waals surface area contributed by atoms with Gasteiger partial charge in [-0.3, -0.25) is 0 Å². The maximum Gasteiger partial charge on any atom is 0.505 e. The lowest BCUT2D eigenvalue weighted by Gasteiger charge is -2.13. The molecule has 0 aliphatic carbocycles. The van der Waals surface area contributed by atoms with E-state index in [0.717, 1.165) is 0 Å². The molecule has 0 unspecified atom stereocenters. The first-order valence-corrected chi connectivity index (χ1v) is 6.59. The quantitative estimate of drug-likeness (QED) is 0.665. The summed E-state index contributed by atoms with van der Waals surface area (Å²) >= 11 is 5.78. The molecular weight excluding hydrogens is 312 g/mol. The van der Waals surface area contributed by atoms with E-state index in [1.807, 2.05) is 0 Å². The number of amides is 1. The first-order chi connectivity index (χ1) is 10.3. The second-order valence-electron chi connectivity index (χ2n) is 4.61. The van der Waals surface area contributed by atoms with Crippen LogP contribution in [-0.2, 0) is 4.74 Å². The van der Waals surface area contributed by atoms with Gasteiger partial charge in [-0.1, -0.05) is 11.6 Å². The van der Waals surface area contributed by atoms with Crippen LogP contribution in [0.15, 0.2) is 18.2 Å². The van der Waals surface area contributed by atoms with E-state index < -0.39 is 23.7 Å². The van der Waals surface area contributed by atoms with Crippen LogP contribution in [0.1, 0.15) is 19.5 Å². The van der Waals surface area contributed by atoms with Crippen molar-refractivity contribution in [2.45, 2.75) is 20.0 Å². The van der Waals surface area contributed by atoms with E-state index in [1.165, 1.54) is 18.2 Å². The van der Waals surface area contributed by atoms with Gasteiger partial charge in [-0.15, -0.1) is 4.73 Å². The number of nitrogens with one attached hydrogen (secondary N) is 1. The highest BCUT2D eigenvalue weighted by molar-refractivity contribution is 6.31. The number of benzene rings is 1. The SMILES string of the molecule is CC(C)OC(=O)Nc1c(C#N)[n+]([O-])c2cc(Cl)ccc2[n+]1[O-]. The smallest absolute Gasteiger partial charge is 0.505 e. The molecule has 1 heterocycles. The van der Waals surface area contributed by atoms with Crippen molar-refractivity contribution in [3.8, 4) is 6.07 Å². The highest BCUT2D eigenvalue weighted by Gasteiger charge is 2.29. The summed E-state index contributed by atoms with van der Waals surface area (Å²) in [5.41, 5.74) is -0.689. The summed E-state index contributed by atoms with van der Waals surface area (Å²) in [5, 5.41) is 35.9. The van der Waals surface area contributed by atoms with Crippen LogP contribution in [0.5, 0.6) is 0 Å². The molecule has 2 rings (SSSR count). The van der Waals surface area contributed by atoms with E-state index in [1.54, 1.807) is 19.9 Å². The van der Waals surface area contributed by atoms with Gasteiger partial charge in [-0.25, -0.2) is 4.73 Å². The molecule has 22 heavy (non-hydrogen) atoms. The molecule has 9 heteroatoms. The van der Waals surface area contributed by atoms with Crippen molar-refractivity contribution in [1.29, 1.82) is 5.26 Å². The molecule has 2 aromatic rings. The van der Waals surface area contributed by atoms with Crippen LogP contribution in [0.25, 0.3) is 11.0 Å². The number of rotatable bonds is 2. The van der Waals surface area contributed by atoms with Gasteiger partial charge >= 0.3 is 17.6 Å². The molecule has 0 bridgehead atoms. The third-order valence-corrected chi connectivity index (χ3v) is 2.91. The van der Waals surface area contributed by atoms with Gasteiger partial charge in [0.25, 0.3) is 5.52 Å². The molecule has 1 amide bonds. The van der Waals surface area contributed by atoms with Crippen molar-refractivity contribution in [2.24, 2.45) is 0 Å². The molecule has 0 aliphatic heterocycles. The van der Waals surface area contributed by atoms with Crippen LogP contribution in [0.4, 0.5) is 10.6 Å². The molecule has 0 fully saturated rings. The highest BCUT2D eigenvalue weighted by atomic mass is 35.5. The lowest BCUT2D eigenvalue weighted by molar-refractivity contribution is -0.620. The van der Waals surface area contributed by atoms with Crippen LogP contribution >= 0.6 is 11.6 Å². The molecule has 0 saturated carbocycles. The Hall–Kier alpha value is -2.79. The van der Waals surface area contributed by atoms with Gasteiger partial charge in [0, 0.05) is 11.1 Å². The normalized spacial score (nSPS) is 10.5. The van der Waals surface area contributed by atoms with E-state index in [-0.39, 0.29) is 25.5 Å². The Balaban J connectivity index is 2.64. The third-order valence-electron chi connectivity index (χ3n) is 2.67. The first-order valence-electron chi connectivity index (χ1n) is 6.21. The first kappa shape index (κ1) is 15.6. The highest BCUT2D eigenvalue weighted by Crippen LogP contribution is 2.17. The third kappa shape index (κ3) is 2.80. The Labute approximate surface area is 130 Å². The van der Waals surface area contributed by atoms with Crippen molar-refractivity contribution >= 4 is 34.5 Å². The summed E-state index contributed by atoms with van der Waals surface area (Å²) in [7, 11) is 0.